The number of aromatic nitrogens is 1. The Morgan fingerprint density at radius 1 is 1.23 bits per heavy atom. The summed E-state index contributed by atoms with van der Waals surface area (Å²) in [6, 6.07) is 9.24. The number of carboxylic acids is 1. The lowest BCUT2D eigenvalue weighted by Gasteiger charge is -2.15. The standard InChI is InChI=1S/C17H15NO4/c1-3-18-9-13(17(20)21)16(19)12-8-14(22-2)10-6-4-5-7-11(10)15(12)18/h4-9H,3H2,1-2H3,(H,20,21). The second-order valence-corrected chi connectivity index (χ2v) is 4.98. The summed E-state index contributed by atoms with van der Waals surface area (Å²) in [5.74, 6) is -0.661. The van der Waals surface area contributed by atoms with Gasteiger partial charge in [-0.1, -0.05) is 24.3 Å². The van der Waals surface area contributed by atoms with E-state index < -0.39 is 11.4 Å². The van der Waals surface area contributed by atoms with E-state index in [4.69, 9.17) is 4.74 Å². The summed E-state index contributed by atoms with van der Waals surface area (Å²) in [6.07, 6.45) is 1.41. The molecule has 1 aromatic heterocycles. The highest BCUT2D eigenvalue weighted by molar-refractivity contribution is 6.09. The lowest BCUT2D eigenvalue weighted by Crippen LogP contribution is -2.19. The Kier molecular flexibility index (Phi) is 3.33. The number of ether oxygens (including phenoxy) is 1. The predicted molar refractivity (Wildman–Crippen MR) is 84.9 cm³/mol. The maximum atomic E-state index is 12.5. The monoisotopic (exact) mass is 297 g/mol. The van der Waals surface area contributed by atoms with Crippen LogP contribution in [0.2, 0.25) is 0 Å². The van der Waals surface area contributed by atoms with Crippen LogP contribution in [0.4, 0.5) is 0 Å². The molecule has 0 amide bonds. The van der Waals surface area contributed by atoms with Gasteiger partial charge in [-0.25, -0.2) is 4.79 Å². The second kappa shape index (κ2) is 5.18. The molecule has 0 spiro atoms. The number of benzene rings is 2. The zero-order valence-corrected chi connectivity index (χ0v) is 12.3. The topological polar surface area (TPSA) is 68.5 Å². The molecule has 0 radical (unpaired) electrons. The van der Waals surface area contributed by atoms with E-state index in [0.717, 1.165) is 16.3 Å². The summed E-state index contributed by atoms with van der Waals surface area (Å²) >= 11 is 0. The number of carboxylic acid groups (broad SMARTS) is 1. The SMILES string of the molecule is CCn1cc(C(=O)O)c(=O)c2cc(OC)c3ccccc3c21. The number of aromatic carboxylic acids is 1. The largest absolute Gasteiger partial charge is 0.496 e. The van der Waals surface area contributed by atoms with Gasteiger partial charge in [0.25, 0.3) is 0 Å². The normalized spacial score (nSPS) is 11.0. The van der Waals surface area contributed by atoms with Gasteiger partial charge in [0.15, 0.2) is 0 Å². The first kappa shape index (κ1) is 14.1. The van der Waals surface area contributed by atoms with Crippen molar-refractivity contribution in [3.63, 3.8) is 0 Å². The molecule has 5 heteroatoms. The number of aryl methyl sites for hydroxylation is 1. The molecule has 0 aliphatic heterocycles. The lowest BCUT2D eigenvalue weighted by molar-refractivity contribution is 0.0695. The zero-order valence-electron chi connectivity index (χ0n) is 12.3. The number of hydrogen-bond acceptors (Lipinski definition) is 3. The fourth-order valence-corrected chi connectivity index (χ4v) is 2.80. The first-order valence-corrected chi connectivity index (χ1v) is 6.94. The van der Waals surface area contributed by atoms with E-state index in [9.17, 15) is 14.7 Å². The van der Waals surface area contributed by atoms with Crippen LogP contribution in [0.1, 0.15) is 17.3 Å². The van der Waals surface area contributed by atoms with Crippen molar-refractivity contribution in [1.29, 1.82) is 0 Å². The maximum absolute atomic E-state index is 12.5. The number of hydrogen-bond donors (Lipinski definition) is 1. The van der Waals surface area contributed by atoms with Crippen molar-refractivity contribution in [3.05, 3.63) is 52.3 Å². The van der Waals surface area contributed by atoms with Crippen molar-refractivity contribution in [2.45, 2.75) is 13.5 Å². The molecule has 2 aromatic carbocycles. The molecule has 0 aliphatic rings. The van der Waals surface area contributed by atoms with Gasteiger partial charge in [-0.3, -0.25) is 4.79 Å². The van der Waals surface area contributed by atoms with Crippen molar-refractivity contribution in [2.24, 2.45) is 0 Å². The van der Waals surface area contributed by atoms with E-state index in [2.05, 4.69) is 0 Å². The van der Waals surface area contributed by atoms with E-state index in [-0.39, 0.29) is 5.56 Å². The van der Waals surface area contributed by atoms with Gasteiger partial charge >= 0.3 is 5.97 Å². The summed E-state index contributed by atoms with van der Waals surface area (Å²) < 4.78 is 7.16. The highest BCUT2D eigenvalue weighted by atomic mass is 16.5. The van der Waals surface area contributed by atoms with Gasteiger partial charge in [0.1, 0.15) is 11.3 Å². The molecule has 0 bridgehead atoms. The van der Waals surface area contributed by atoms with E-state index in [1.807, 2.05) is 31.2 Å². The molecule has 0 aliphatic carbocycles. The number of methoxy groups -OCH3 is 1. The van der Waals surface area contributed by atoms with Crippen molar-refractivity contribution in [3.8, 4) is 5.75 Å². The van der Waals surface area contributed by atoms with Crippen LogP contribution in [0.15, 0.2) is 41.3 Å². The summed E-state index contributed by atoms with van der Waals surface area (Å²) in [5, 5.41) is 11.4. The van der Waals surface area contributed by atoms with Crippen molar-refractivity contribution < 1.29 is 14.6 Å². The molecule has 3 rings (SSSR count). The quantitative estimate of drug-likeness (QED) is 0.755. The number of rotatable bonds is 3. The summed E-state index contributed by atoms with van der Waals surface area (Å²) in [6.45, 7) is 2.47. The minimum atomic E-state index is -1.22. The molecule has 0 saturated heterocycles. The summed E-state index contributed by atoms with van der Waals surface area (Å²) in [7, 11) is 1.53. The van der Waals surface area contributed by atoms with Crippen molar-refractivity contribution in [1.82, 2.24) is 4.57 Å². The van der Waals surface area contributed by atoms with Crippen LogP contribution in [0.3, 0.4) is 0 Å². The Hall–Kier alpha value is -2.82. The average molecular weight is 297 g/mol. The molecule has 0 atom stereocenters. The Bertz CT molecular complexity index is 956. The number of nitrogens with zero attached hydrogens (tertiary/aromatic N) is 1. The van der Waals surface area contributed by atoms with Gasteiger partial charge in [0.2, 0.25) is 5.43 Å². The van der Waals surface area contributed by atoms with Gasteiger partial charge in [-0.15, -0.1) is 0 Å². The fraction of sp³-hybridized carbons (Fsp3) is 0.176. The van der Waals surface area contributed by atoms with Crippen LogP contribution in [0, 0.1) is 0 Å². The Morgan fingerprint density at radius 2 is 1.91 bits per heavy atom. The summed E-state index contributed by atoms with van der Waals surface area (Å²) in [4.78, 5) is 23.8. The molecule has 0 unspecified atom stereocenters. The smallest absolute Gasteiger partial charge is 0.341 e. The van der Waals surface area contributed by atoms with Gasteiger partial charge in [-0.05, 0) is 13.0 Å². The van der Waals surface area contributed by atoms with E-state index >= 15 is 0 Å². The lowest BCUT2D eigenvalue weighted by atomic mass is 10.0. The molecular formula is C17H15NO4. The minimum Gasteiger partial charge on any atom is -0.496 e. The molecule has 1 N–H and O–H groups in total. The predicted octanol–water partition coefficient (Wildman–Crippen LogP) is 2.88. The molecule has 5 nitrogen and oxygen atoms in total. The molecule has 0 fully saturated rings. The number of pyridine rings is 1. The van der Waals surface area contributed by atoms with Crippen molar-refractivity contribution in [2.75, 3.05) is 7.11 Å². The third-order valence-electron chi connectivity index (χ3n) is 3.83. The Morgan fingerprint density at radius 3 is 2.50 bits per heavy atom. The number of fused-ring (bicyclic) bond motifs is 3. The number of carbonyl (C=O) groups is 1. The first-order valence-electron chi connectivity index (χ1n) is 6.94. The molecule has 22 heavy (non-hydrogen) atoms. The van der Waals surface area contributed by atoms with Crippen LogP contribution < -0.4 is 10.2 Å². The minimum absolute atomic E-state index is 0.230. The highest BCUT2D eigenvalue weighted by Gasteiger charge is 2.17. The van der Waals surface area contributed by atoms with E-state index in [1.165, 1.54) is 13.3 Å². The first-order chi connectivity index (χ1) is 10.6. The van der Waals surface area contributed by atoms with Crippen LogP contribution in [0.25, 0.3) is 21.7 Å². The van der Waals surface area contributed by atoms with Gasteiger partial charge in [0.05, 0.1) is 18.0 Å². The highest BCUT2D eigenvalue weighted by Crippen LogP contribution is 2.32. The van der Waals surface area contributed by atoms with E-state index in [1.54, 1.807) is 10.6 Å². The summed E-state index contributed by atoms with van der Waals surface area (Å²) in [5.41, 5.74) is 0.0110. The molecule has 0 saturated carbocycles. The second-order valence-electron chi connectivity index (χ2n) is 4.98. The third kappa shape index (κ3) is 1.94. The van der Waals surface area contributed by atoms with Crippen LogP contribution in [-0.4, -0.2) is 22.8 Å². The van der Waals surface area contributed by atoms with Crippen LogP contribution in [0.5, 0.6) is 5.75 Å². The average Bonchev–Trinajstić information content (AvgIpc) is 2.54. The Balaban J connectivity index is 2.63. The van der Waals surface area contributed by atoms with Gasteiger partial charge < -0.3 is 14.4 Å². The molecule has 1 heterocycles. The molecule has 3 aromatic rings. The van der Waals surface area contributed by atoms with E-state index in [0.29, 0.717) is 17.7 Å². The fourth-order valence-electron chi connectivity index (χ4n) is 2.80. The van der Waals surface area contributed by atoms with Crippen LogP contribution in [-0.2, 0) is 6.54 Å². The molecule has 112 valence electrons. The molecular weight excluding hydrogens is 282 g/mol. The Labute approximate surface area is 126 Å². The van der Waals surface area contributed by atoms with Gasteiger partial charge in [0, 0.05) is 23.5 Å². The zero-order chi connectivity index (χ0) is 15.9. The van der Waals surface area contributed by atoms with Gasteiger partial charge in [-0.2, -0.15) is 0 Å². The maximum Gasteiger partial charge on any atom is 0.341 e. The third-order valence-corrected chi connectivity index (χ3v) is 3.83. The van der Waals surface area contributed by atoms with Crippen molar-refractivity contribution >= 4 is 27.6 Å². The van der Waals surface area contributed by atoms with Crippen LogP contribution >= 0.6 is 0 Å².